The number of benzene rings is 2. The second kappa shape index (κ2) is 11.7. The van der Waals surface area contributed by atoms with Gasteiger partial charge in [-0.05, 0) is 49.6 Å². The van der Waals surface area contributed by atoms with E-state index in [0.717, 1.165) is 16.7 Å². The molecule has 190 valence electrons. The quantitative estimate of drug-likeness (QED) is 0.529. The van der Waals surface area contributed by atoms with E-state index in [4.69, 9.17) is 9.88 Å². The summed E-state index contributed by atoms with van der Waals surface area (Å²) in [6.45, 7) is 6.41. The van der Waals surface area contributed by atoms with Crippen molar-refractivity contribution in [1.29, 1.82) is 0 Å². The fourth-order valence-electron chi connectivity index (χ4n) is 4.23. The first-order chi connectivity index (χ1) is 16.5. The third-order valence-electron chi connectivity index (χ3n) is 5.95. The molecule has 1 atom stereocenters. The third-order valence-corrected chi connectivity index (χ3v) is 6.68. The molecule has 0 radical (unpaired) electrons. The number of piperazine rings is 1. The van der Waals surface area contributed by atoms with Crippen LogP contribution in [0.4, 0.5) is 4.39 Å². The van der Waals surface area contributed by atoms with Crippen LogP contribution in [0, 0.1) is 12.7 Å². The van der Waals surface area contributed by atoms with Crippen molar-refractivity contribution < 1.29 is 27.1 Å². The van der Waals surface area contributed by atoms with Crippen LogP contribution in [-0.2, 0) is 32.6 Å². The Morgan fingerprint density at radius 3 is 2.51 bits per heavy atom. The topological polar surface area (TPSA) is 110 Å². The molecule has 2 aromatic carbocycles. The molecule has 1 saturated heterocycles. The van der Waals surface area contributed by atoms with E-state index in [2.05, 4.69) is 4.90 Å². The summed E-state index contributed by atoms with van der Waals surface area (Å²) < 4.78 is 41.2. The predicted molar refractivity (Wildman–Crippen MR) is 131 cm³/mol. The molecule has 0 saturated carbocycles. The van der Waals surface area contributed by atoms with Crippen molar-refractivity contribution in [3.8, 4) is 5.75 Å². The summed E-state index contributed by atoms with van der Waals surface area (Å²) in [7, 11) is -3.86. The van der Waals surface area contributed by atoms with E-state index in [9.17, 15) is 22.4 Å². The molecule has 0 unspecified atom stereocenters. The number of sulfonamides is 1. The molecule has 3 rings (SSSR count). The molecule has 0 spiro atoms. The monoisotopic (exact) mass is 505 g/mol. The molecule has 1 aliphatic rings. The van der Waals surface area contributed by atoms with Crippen molar-refractivity contribution >= 4 is 21.7 Å². The lowest BCUT2D eigenvalue weighted by Crippen LogP contribution is -2.54. The highest BCUT2D eigenvalue weighted by molar-refractivity contribution is 7.89. The van der Waals surface area contributed by atoms with Crippen molar-refractivity contribution in [3.63, 3.8) is 0 Å². The van der Waals surface area contributed by atoms with Crippen molar-refractivity contribution in [2.24, 2.45) is 5.14 Å². The number of nitrogens with two attached hydrogens (primary N) is 1. The number of amides is 1. The predicted octanol–water partition coefficient (Wildman–Crippen LogP) is 2.04. The van der Waals surface area contributed by atoms with Crippen LogP contribution in [-0.4, -0.2) is 67.9 Å². The molecule has 2 aromatic rings. The third kappa shape index (κ3) is 8.41. The number of carbonyl (C=O) groups excluding carboxylic acids is 2. The van der Waals surface area contributed by atoms with Gasteiger partial charge in [-0.25, -0.2) is 17.9 Å². The number of ketones is 1. The van der Waals surface area contributed by atoms with E-state index < -0.39 is 21.6 Å². The first-order valence-electron chi connectivity index (χ1n) is 11.5. The Morgan fingerprint density at radius 2 is 1.86 bits per heavy atom. The minimum Gasteiger partial charge on any atom is -0.483 e. The molecule has 0 aromatic heterocycles. The maximum atomic E-state index is 13.1. The summed E-state index contributed by atoms with van der Waals surface area (Å²) in [4.78, 5) is 28.8. The van der Waals surface area contributed by atoms with E-state index in [-0.39, 0.29) is 37.2 Å². The van der Waals surface area contributed by atoms with Gasteiger partial charge in [0.15, 0.2) is 6.61 Å². The Morgan fingerprint density at radius 1 is 1.14 bits per heavy atom. The van der Waals surface area contributed by atoms with Crippen LogP contribution in [0.1, 0.15) is 30.0 Å². The van der Waals surface area contributed by atoms with Gasteiger partial charge in [-0.2, -0.15) is 0 Å². The van der Waals surface area contributed by atoms with Gasteiger partial charge in [-0.3, -0.25) is 14.5 Å². The Kier molecular flexibility index (Phi) is 8.98. The maximum Gasteiger partial charge on any atom is 0.260 e. The molecule has 35 heavy (non-hydrogen) atoms. The highest BCUT2D eigenvalue weighted by Crippen LogP contribution is 2.22. The van der Waals surface area contributed by atoms with Crippen LogP contribution in [0.15, 0.2) is 42.5 Å². The Hall–Kier alpha value is -2.82. The summed E-state index contributed by atoms with van der Waals surface area (Å²) in [6.07, 6.45) is 0.301. The molecule has 1 fully saturated rings. The second-order valence-corrected chi connectivity index (χ2v) is 10.7. The average molecular weight is 506 g/mol. The zero-order valence-corrected chi connectivity index (χ0v) is 20.9. The number of carbonyl (C=O) groups is 2. The number of Topliss-reactive ketones (excluding diaryl/α,β-unsaturated/α-hetero) is 1. The van der Waals surface area contributed by atoms with Crippen LogP contribution < -0.4 is 9.88 Å². The molecule has 0 bridgehead atoms. The Bertz CT molecular complexity index is 1150. The van der Waals surface area contributed by atoms with Crippen LogP contribution in [0.3, 0.4) is 0 Å². The van der Waals surface area contributed by atoms with Crippen molar-refractivity contribution in [2.75, 3.05) is 32.0 Å². The summed E-state index contributed by atoms with van der Waals surface area (Å²) in [5.41, 5.74) is 2.72. The van der Waals surface area contributed by atoms with Gasteiger partial charge in [-0.15, -0.1) is 0 Å². The van der Waals surface area contributed by atoms with E-state index in [1.807, 2.05) is 26.0 Å². The lowest BCUT2D eigenvalue weighted by Gasteiger charge is -2.40. The number of hydrogen-bond donors (Lipinski definition) is 1. The van der Waals surface area contributed by atoms with Gasteiger partial charge >= 0.3 is 0 Å². The smallest absolute Gasteiger partial charge is 0.260 e. The van der Waals surface area contributed by atoms with E-state index in [1.54, 1.807) is 23.1 Å². The van der Waals surface area contributed by atoms with E-state index in [1.165, 1.54) is 12.1 Å². The van der Waals surface area contributed by atoms with Crippen molar-refractivity contribution in [3.05, 3.63) is 65.0 Å². The standard InChI is InChI=1S/C25H32FN3O5S/c1-18-3-10-24(21(13-18)6-9-23(30)17-35(27,32)33)34-16-25(31)29-12-11-28(14-19(29)2)15-20-4-7-22(26)8-5-20/h3-5,7-8,10,13,19H,6,9,11-12,14-17H2,1-2H3,(H2,27,32,33)/t19-/m1/s1. The van der Waals surface area contributed by atoms with Crippen LogP contribution >= 0.6 is 0 Å². The SMILES string of the molecule is Cc1ccc(OCC(=O)N2CCN(Cc3ccc(F)cc3)C[C@H]2C)c(CCC(=O)CS(N)(=O)=O)c1. The van der Waals surface area contributed by atoms with Gasteiger partial charge < -0.3 is 9.64 Å². The van der Waals surface area contributed by atoms with Gasteiger partial charge in [-0.1, -0.05) is 29.8 Å². The molecule has 1 heterocycles. The highest BCUT2D eigenvalue weighted by atomic mass is 32.2. The lowest BCUT2D eigenvalue weighted by molar-refractivity contribution is -0.138. The highest BCUT2D eigenvalue weighted by Gasteiger charge is 2.27. The van der Waals surface area contributed by atoms with E-state index >= 15 is 0 Å². The zero-order valence-electron chi connectivity index (χ0n) is 20.1. The summed E-state index contributed by atoms with van der Waals surface area (Å²) in [5, 5.41) is 4.94. The number of aryl methyl sites for hydroxylation is 2. The minimum absolute atomic E-state index is 0.00591. The van der Waals surface area contributed by atoms with Crippen LogP contribution in [0.25, 0.3) is 0 Å². The largest absolute Gasteiger partial charge is 0.483 e. The molecular weight excluding hydrogens is 473 g/mol. The zero-order chi connectivity index (χ0) is 25.6. The van der Waals surface area contributed by atoms with Gasteiger partial charge in [0.25, 0.3) is 5.91 Å². The van der Waals surface area contributed by atoms with Gasteiger partial charge in [0.1, 0.15) is 23.1 Å². The summed E-state index contributed by atoms with van der Waals surface area (Å²) in [6, 6.07) is 11.9. The van der Waals surface area contributed by atoms with Gasteiger partial charge in [0.05, 0.1) is 0 Å². The number of halogens is 1. The minimum atomic E-state index is -3.86. The summed E-state index contributed by atoms with van der Waals surface area (Å²) >= 11 is 0. The number of hydrogen-bond acceptors (Lipinski definition) is 6. The molecule has 2 N–H and O–H groups in total. The number of ether oxygens (including phenoxy) is 1. The Labute approximate surface area is 205 Å². The first-order valence-corrected chi connectivity index (χ1v) is 13.2. The maximum absolute atomic E-state index is 13.1. The van der Waals surface area contributed by atoms with Gasteiger partial charge in [0, 0.05) is 38.6 Å². The molecule has 8 nitrogen and oxygen atoms in total. The fourth-order valence-corrected chi connectivity index (χ4v) is 4.83. The number of nitrogens with zero attached hydrogens (tertiary/aromatic N) is 2. The van der Waals surface area contributed by atoms with E-state index in [0.29, 0.717) is 31.9 Å². The van der Waals surface area contributed by atoms with Crippen molar-refractivity contribution in [2.45, 2.75) is 39.3 Å². The Balaban J connectivity index is 1.53. The van der Waals surface area contributed by atoms with Crippen molar-refractivity contribution in [1.82, 2.24) is 9.80 Å². The summed E-state index contributed by atoms with van der Waals surface area (Å²) in [5.74, 6) is -1.06. The number of primary sulfonamides is 1. The molecule has 1 amide bonds. The molecule has 0 aliphatic carbocycles. The molecular formula is C25H32FN3O5S. The molecule has 1 aliphatic heterocycles. The molecule has 10 heteroatoms. The fraction of sp³-hybridized carbons (Fsp3) is 0.440. The first kappa shape index (κ1) is 26.8. The number of rotatable bonds is 10. The van der Waals surface area contributed by atoms with Gasteiger partial charge in [0.2, 0.25) is 10.0 Å². The van der Waals surface area contributed by atoms with Crippen LogP contribution in [0.2, 0.25) is 0 Å². The second-order valence-electron chi connectivity index (χ2n) is 9.04. The lowest BCUT2D eigenvalue weighted by atomic mass is 10.0. The average Bonchev–Trinajstić information content (AvgIpc) is 2.77. The van der Waals surface area contributed by atoms with Crippen LogP contribution in [0.5, 0.6) is 5.75 Å². The normalized spacial score (nSPS) is 16.8.